The number of benzene rings is 1. The van der Waals surface area contributed by atoms with Crippen molar-refractivity contribution in [1.29, 1.82) is 0 Å². The number of anilines is 1. The lowest BCUT2D eigenvalue weighted by molar-refractivity contribution is -0.384. The number of nitrogens with zero attached hydrogens (tertiary/aromatic N) is 2. The summed E-state index contributed by atoms with van der Waals surface area (Å²) in [5.74, 6) is 0. The van der Waals surface area contributed by atoms with Gasteiger partial charge in [-0.1, -0.05) is 0 Å². The van der Waals surface area contributed by atoms with Crippen LogP contribution in [-0.4, -0.2) is 51.4 Å². The standard InChI is InChI=1S/C12H20N4O4S/c1-9(13-2)8-14-11-6-5-10(7-12(11)16(17)18)21(19,20)15(3)4/h5-7,9,13-14H,8H2,1-4H3. The zero-order chi connectivity index (χ0) is 16.2. The first-order valence-corrected chi connectivity index (χ1v) is 7.76. The molecule has 0 aliphatic heterocycles. The van der Waals surface area contributed by atoms with Crippen LogP contribution in [0, 0.1) is 10.1 Å². The van der Waals surface area contributed by atoms with Gasteiger partial charge in [0.15, 0.2) is 0 Å². The highest BCUT2D eigenvalue weighted by molar-refractivity contribution is 7.89. The van der Waals surface area contributed by atoms with Crippen molar-refractivity contribution in [3.05, 3.63) is 28.3 Å². The molecule has 21 heavy (non-hydrogen) atoms. The van der Waals surface area contributed by atoms with Gasteiger partial charge >= 0.3 is 0 Å². The molecule has 0 bridgehead atoms. The molecule has 0 fully saturated rings. The maximum atomic E-state index is 12.0. The fraction of sp³-hybridized carbons (Fsp3) is 0.500. The predicted molar refractivity (Wildman–Crippen MR) is 81.0 cm³/mol. The smallest absolute Gasteiger partial charge is 0.293 e. The summed E-state index contributed by atoms with van der Waals surface area (Å²) in [7, 11) is 0.842. The van der Waals surface area contributed by atoms with E-state index in [1.54, 1.807) is 7.05 Å². The number of hydrogen-bond acceptors (Lipinski definition) is 6. The van der Waals surface area contributed by atoms with Crippen LogP contribution < -0.4 is 10.6 Å². The molecule has 1 unspecified atom stereocenters. The minimum absolute atomic E-state index is 0.105. The topological polar surface area (TPSA) is 105 Å². The lowest BCUT2D eigenvalue weighted by Gasteiger charge is -2.14. The largest absolute Gasteiger partial charge is 0.378 e. The summed E-state index contributed by atoms with van der Waals surface area (Å²) in [5, 5.41) is 17.1. The van der Waals surface area contributed by atoms with Gasteiger partial charge in [0.1, 0.15) is 5.69 Å². The zero-order valence-electron chi connectivity index (χ0n) is 12.5. The van der Waals surface area contributed by atoms with Gasteiger partial charge in [-0.25, -0.2) is 12.7 Å². The van der Waals surface area contributed by atoms with Crippen molar-refractivity contribution in [1.82, 2.24) is 9.62 Å². The van der Waals surface area contributed by atoms with E-state index in [9.17, 15) is 18.5 Å². The van der Waals surface area contributed by atoms with Crippen molar-refractivity contribution in [2.75, 3.05) is 33.0 Å². The summed E-state index contributed by atoms with van der Waals surface area (Å²) >= 11 is 0. The maximum Gasteiger partial charge on any atom is 0.293 e. The van der Waals surface area contributed by atoms with E-state index in [0.29, 0.717) is 12.2 Å². The van der Waals surface area contributed by atoms with E-state index in [1.807, 2.05) is 6.92 Å². The van der Waals surface area contributed by atoms with Crippen molar-refractivity contribution in [2.45, 2.75) is 17.9 Å². The first kappa shape index (κ1) is 17.3. The third kappa shape index (κ3) is 4.13. The number of nitro groups is 1. The zero-order valence-corrected chi connectivity index (χ0v) is 13.3. The molecule has 1 atom stereocenters. The quantitative estimate of drug-likeness (QED) is 0.571. The molecule has 0 aromatic heterocycles. The van der Waals surface area contributed by atoms with E-state index in [4.69, 9.17) is 0 Å². The highest BCUT2D eigenvalue weighted by atomic mass is 32.2. The number of sulfonamides is 1. The first-order valence-electron chi connectivity index (χ1n) is 6.32. The number of nitrogens with one attached hydrogen (secondary N) is 2. The lowest BCUT2D eigenvalue weighted by Crippen LogP contribution is -2.29. The molecule has 0 radical (unpaired) electrons. The highest BCUT2D eigenvalue weighted by Gasteiger charge is 2.23. The molecule has 0 saturated carbocycles. The van der Waals surface area contributed by atoms with Crippen molar-refractivity contribution >= 4 is 21.4 Å². The Balaban J connectivity index is 3.17. The van der Waals surface area contributed by atoms with Gasteiger partial charge in [0.25, 0.3) is 5.69 Å². The molecule has 1 rings (SSSR count). The minimum Gasteiger partial charge on any atom is -0.378 e. The Morgan fingerprint density at radius 1 is 1.38 bits per heavy atom. The lowest BCUT2D eigenvalue weighted by atomic mass is 10.2. The van der Waals surface area contributed by atoms with Gasteiger partial charge in [-0.05, 0) is 26.1 Å². The Hall–Kier alpha value is -1.71. The summed E-state index contributed by atoms with van der Waals surface area (Å²) in [6.45, 7) is 2.40. The molecular formula is C12H20N4O4S. The van der Waals surface area contributed by atoms with Crippen LogP contribution in [0.5, 0.6) is 0 Å². The van der Waals surface area contributed by atoms with Gasteiger partial charge < -0.3 is 10.6 Å². The summed E-state index contributed by atoms with van der Waals surface area (Å²) in [4.78, 5) is 10.4. The Bertz CT molecular complexity index is 616. The molecule has 9 heteroatoms. The Labute approximate surface area is 124 Å². The van der Waals surface area contributed by atoms with E-state index in [2.05, 4.69) is 10.6 Å². The van der Waals surface area contributed by atoms with E-state index in [-0.39, 0.29) is 16.6 Å². The molecule has 0 spiro atoms. The number of rotatable bonds is 7. The number of likely N-dealkylation sites (N-methyl/N-ethyl adjacent to an activating group) is 1. The molecular weight excluding hydrogens is 296 g/mol. The average molecular weight is 316 g/mol. The normalized spacial score (nSPS) is 13.2. The number of nitro benzene ring substituents is 1. The van der Waals surface area contributed by atoms with Crippen molar-refractivity contribution in [3.8, 4) is 0 Å². The van der Waals surface area contributed by atoms with Gasteiger partial charge in [0.05, 0.1) is 9.82 Å². The molecule has 0 heterocycles. The summed E-state index contributed by atoms with van der Waals surface area (Å²) < 4.78 is 25.0. The second kappa shape index (κ2) is 6.83. The molecule has 0 amide bonds. The summed E-state index contributed by atoms with van der Waals surface area (Å²) in [6, 6.07) is 3.96. The summed E-state index contributed by atoms with van der Waals surface area (Å²) in [6.07, 6.45) is 0. The van der Waals surface area contributed by atoms with Crippen LogP contribution in [0.15, 0.2) is 23.1 Å². The number of hydrogen-bond donors (Lipinski definition) is 2. The van der Waals surface area contributed by atoms with Gasteiger partial charge in [-0.2, -0.15) is 0 Å². The Morgan fingerprint density at radius 3 is 2.48 bits per heavy atom. The molecule has 118 valence electrons. The van der Waals surface area contributed by atoms with E-state index in [0.717, 1.165) is 10.4 Å². The van der Waals surface area contributed by atoms with E-state index < -0.39 is 14.9 Å². The van der Waals surface area contributed by atoms with Gasteiger partial charge in [0.2, 0.25) is 10.0 Å². The molecule has 0 saturated heterocycles. The van der Waals surface area contributed by atoms with Gasteiger partial charge in [-0.15, -0.1) is 0 Å². The molecule has 2 N–H and O–H groups in total. The van der Waals surface area contributed by atoms with Crippen LogP contribution in [0.2, 0.25) is 0 Å². The van der Waals surface area contributed by atoms with Gasteiger partial charge in [-0.3, -0.25) is 10.1 Å². The van der Waals surface area contributed by atoms with Crippen LogP contribution in [0.25, 0.3) is 0 Å². The fourth-order valence-electron chi connectivity index (χ4n) is 1.55. The van der Waals surface area contributed by atoms with Crippen LogP contribution in [-0.2, 0) is 10.0 Å². The van der Waals surface area contributed by atoms with Gasteiger partial charge in [0, 0.05) is 32.7 Å². The van der Waals surface area contributed by atoms with Crippen molar-refractivity contribution < 1.29 is 13.3 Å². The Kier molecular flexibility index (Phi) is 5.64. The molecule has 1 aromatic rings. The van der Waals surface area contributed by atoms with Crippen LogP contribution in [0.4, 0.5) is 11.4 Å². The third-order valence-corrected chi connectivity index (χ3v) is 4.85. The maximum absolute atomic E-state index is 12.0. The predicted octanol–water partition coefficient (Wildman–Crippen LogP) is 0.865. The third-order valence-electron chi connectivity index (χ3n) is 3.04. The molecule has 0 aliphatic carbocycles. The second-order valence-electron chi connectivity index (χ2n) is 4.79. The average Bonchev–Trinajstić information content (AvgIpc) is 2.43. The van der Waals surface area contributed by atoms with Crippen LogP contribution in [0.1, 0.15) is 6.92 Å². The molecule has 8 nitrogen and oxygen atoms in total. The Morgan fingerprint density at radius 2 is 2.00 bits per heavy atom. The molecule has 0 aliphatic rings. The SMILES string of the molecule is CNC(C)CNc1ccc(S(=O)(=O)N(C)C)cc1[N+](=O)[O-]. The summed E-state index contributed by atoms with van der Waals surface area (Å²) in [5.41, 5.74) is 0.0287. The van der Waals surface area contributed by atoms with E-state index in [1.165, 1.54) is 26.2 Å². The van der Waals surface area contributed by atoms with E-state index >= 15 is 0 Å². The fourth-order valence-corrected chi connectivity index (χ4v) is 2.47. The molecule has 1 aromatic carbocycles. The van der Waals surface area contributed by atoms with Crippen molar-refractivity contribution in [2.24, 2.45) is 0 Å². The second-order valence-corrected chi connectivity index (χ2v) is 6.95. The first-order chi connectivity index (χ1) is 9.70. The van der Waals surface area contributed by atoms with Crippen LogP contribution >= 0.6 is 0 Å². The highest BCUT2D eigenvalue weighted by Crippen LogP contribution is 2.28. The van der Waals surface area contributed by atoms with Crippen LogP contribution in [0.3, 0.4) is 0 Å². The van der Waals surface area contributed by atoms with Crippen molar-refractivity contribution in [3.63, 3.8) is 0 Å². The minimum atomic E-state index is -3.70. The monoisotopic (exact) mass is 316 g/mol.